The van der Waals surface area contributed by atoms with Crippen LogP contribution in [-0.4, -0.2) is 29.7 Å². The Bertz CT molecular complexity index is 960. The van der Waals surface area contributed by atoms with Gasteiger partial charge in [0.2, 0.25) is 6.79 Å². The van der Waals surface area contributed by atoms with Crippen molar-refractivity contribution in [1.82, 2.24) is 0 Å². The summed E-state index contributed by atoms with van der Waals surface area (Å²) in [5.41, 5.74) is -1.78. The summed E-state index contributed by atoms with van der Waals surface area (Å²) < 4.78 is 42.2. The Hall–Kier alpha value is -3.76. The summed E-state index contributed by atoms with van der Waals surface area (Å²) in [7, 11) is 0. The van der Waals surface area contributed by atoms with Crippen LogP contribution in [0.2, 0.25) is 0 Å². The Kier molecular flexibility index (Phi) is 5.07. The van der Waals surface area contributed by atoms with Crippen molar-refractivity contribution in [2.75, 3.05) is 12.1 Å². The first-order valence-electron chi connectivity index (χ1n) is 7.82. The lowest BCUT2D eigenvalue weighted by Crippen LogP contribution is -2.30. The van der Waals surface area contributed by atoms with E-state index in [1.165, 1.54) is 0 Å². The van der Waals surface area contributed by atoms with Gasteiger partial charge in [-0.05, 0) is 19.1 Å². The van der Waals surface area contributed by atoms with Gasteiger partial charge in [-0.1, -0.05) is 6.07 Å². The van der Waals surface area contributed by atoms with Gasteiger partial charge in [0.05, 0.1) is 11.0 Å². The number of anilines is 1. The predicted molar refractivity (Wildman–Crippen MR) is 89.1 cm³/mol. The lowest BCUT2D eigenvalue weighted by atomic mass is 10.1. The highest BCUT2D eigenvalue weighted by atomic mass is 19.1. The van der Waals surface area contributed by atoms with E-state index in [2.05, 4.69) is 0 Å². The van der Waals surface area contributed by atoms with Crippen LogP contribution in [0.4, 0.5) is 20.2 Å². The van der Waals surface area contributed by atoms with Crippen molar-refractivity contribution < 1.29 is 37.5 Å². The smallest absolute Gasteiger partial charge is 0.346 e. The van der Waals surface area contributed by atoms with Gasteiger partial charge in [-0.2, -0.15) is 0 Å². The molecule has 0 spiro atoms. The summed E-state index contributed by atoms with van der Waals surface area (Å²) in [6.45, 7) is 0.975. The van der Waals surface area contributed by atoms with Gasteiger partial charge in [0.25, 0.3) is 11.6 Å². The molecule has 3 rings (SSSR count). The fourth-order valence-corrected chi connectivity index (χ4v) is 2.37. The van der Waals surface area contributed by atoms with Crippen LogP contribution >= 0.6 is 0 Å². The van der Waals surface area contributed by atoms with Crippen molar-refractivity contribution in [2.45, 2.75) is 13.0 Å². The number of esters is 1. The number of ether oxygens (including phenoxy) is 3. The van der Waals surface area contributed by atoms with E-state index >= 15 is 0 Å². The van der Waals surface area contributed by atoms with E-state index in [1.54, 1.807) is 0 Å². The molecule has 0 aliphatic carbocycles. The summed E-state index contributed by atoms with van der Waals surface area (Å²) >= 11 is 0. The minimum atomic E-state index is -1.50. The van der Waals surface area contributed by atoms with Crippen molar-refractivity contribution >= 4 is 23.3 Å². The van der Waals surface area contributed by atoms with Crippen LogP contribution < -0.4 is 14.8 Å². The number of rotatable bonds is 5. The fraction of sp³-hybridized carbons (Fsp3) is 0.176. The molecule has 28 heavy (non-hydrogen) atoms. The molecule has 0 bridgehead atoms. The quantitative estimate of drug-likeness (QED) is 0.471. The van der Waals surface area contributed by atoms with E-state index in [1.807, 2.05) is 5.32 Å². The largest absolute Gasteiger partial charge is 0.454 e. The molecule has 1 aliphatic rings. The zero-order valence-corrected chi connectivity index (χ0v) is 14.2. The number of nitro groups is 1. The van der Waals surface area contributed by atoms with Crippen LogP contribution in [0.3, 0.4) is 0 Å². The normalized spacial score (nSPS) is 13.0. The highest BCUT2D eigenvalue weighted by Crippen LogP contribution is 2.38. The molecule has 1 amide bonds. The second kappa shape index (κ2) is 7.47. The number of nitro benzene ring substituents is 1. The topological polar surface area (TPSA) is 117 Å². The van der Waals surface area contributed by atoms with E-state index in [9.17, 15) is 28.5 Å². The van der Waals surface area contributed by atoms with E-state index in [4.69, 9.17) is 14.2 Å². The SMILES string of the molecule is CC(OC(=O)c1cc2c(cc1[N+](=O)[O-])OCO2)C(=O)Nc1c(F)cccc1F. The van der Waals surface area contributed by atoms with E-state index in [0.29, 0.717) is 0 Å². The Morgan fingerprint density at radius 3 is 2.43 bits per heavy atom. The first-order valence-corrected chi connectivity index (χ1v) is 7.82. The van der Waals surface area contributed by atoms with Crippen LogP contribution in [-0.2, 0) is 9.53 Å². The lowest BCUT2D eigenvalue weighted by Gasteiger charge is -2.14. The number of halogens is 2. The molecule has 0 fully saturated rings. The number of hydrogen-bond donors (Lipinski definition) is 1. The van der Waals surface area contributed by atoms with Crippen LogP contribution in [0, 0.1) is 21.7 Å². The average molecular weight is 394 g/mol. The molecule has 2 aromatic carbocycles. The van der Waals surface area contributed by atoms with Gasteiger partial charge < -0.3 is 19.5 Å². The number of nitrogens with zero attached hydrogens (tertiary/aromatic N) is 1. The number of fused-ring (bicyclic) bond motifs is 1. The fourth-order valence-electron chi connectivity index (χ4n) is 2.37. The second-order valence-corrected chi connectivity index (χ2v) is 5.61. The Labute approximate surface area is 156 Å². The molecule has 1 aliphatic heterocycles. The number of amides is 1. The van der Waals surface area contributed by atoms with Crippen molar-refractivity contribution in [3.63, 3.8) is 0 Å². The molecule has 0 aromatic heterocycles. The monoisotopic (exact) mass is 394 g/mol. The third-order valence-electron chi connectivity index (χ3n) is 3.77. The molecule has 9 nitrogen and oxygen atoms in total. The van der Waals surface area contributed by atoms with Crippen LogP contribution in [0.25, 0.3) is 0 Å². The first kappa shape index (κ1) is 19.0. The van der Waals surface area contributed by atoms with Gasteiger partial charge in [0.15, 0.2) is 17.6 Å². The van der Waals surface area contributed by atoms with Crippen molar-refractivity contribution in [3.8, 4) is 11.5 Å². The summed E-state index contributed by atoms with van der Waals surface area (Å²) in [4.78, 5) is 34.8. The molecule has 1 unspecified atom stereocenters. The number of benzene rings is 2. The van der Waals surface area contributed by atoms with E-state index in [0.717, 1.165) is 37.3 Å². The van der Waals surface area contributed by atoms with Crippen LogP contribution in [0.1, 0.15) is 17.3 Å². The van der Waals surface area contributed by atoms with Gasteiger partial charge in [0, 0.05) is 6.07 Å². The molecule has 0 radical (unpaired) electrons. The van der Waals surface area contributed by atoms with Crippen molar-refractivity contribution in [3.05, 3.63) is 57.6 Å². The van der Waals surface area contributed by atoms with E-state index in [-0.39, 0.29) is 18.3 Å². The van der Waals surface area contributed by atoms with Gasteiger partial charge in [-0.15, -0.1) is 0 Å². The molecule has 1 N–H and O–H groups in total. The highest BCUT2D eigenvalue weighted by Gasteiger charge is 2.30. The molecular formula is C17H12F2N2O7. The van der Waals surface area contributed by atoms with Gasteiger partial charge in [-0.3, -0.25) is 14.9 Å². The number of carbonyl (C=O) groups excluding carboxylic acids is 2. The zero-order chi connectivity index (χ0) is 20.4. The number of nitrogens with one attached hydrogen (secondary N) is 1. The minimum Gasteiger partial charge on any atom is -0.454 e. The molecule has 0 saturated heterocycles. The van der Waals surface area contributed by atoms with Crippen molar-refractivity contribution in [1.29, 1.82) is 0 Å². The number of para-hydroxylation sites is 1. The molecular weight excluding hydrogens is 382 g/mol. The zero-order valence-electron chi connectivity index (χ0n) is 14.2. The summed E-state index contributed by atoms with van der Waals surface area (Å²) in [5.74, 6) is -4.06. The van der Waals surface area contributed by atoms with Crippen LogP contribution in [0.15, 0.2) is 30.3 Å². The van der Waals surface area contributed by atoms with Crippen LogP contribution in [0.5, 0.6) is 11.5 Å². The summed E-state index contributed by atoms with van der Waals surface area (Å²) in [5, 5.41) is 13.2. The highest BCUT2D eigenvalue weighted by molar-refractivity contribution is 5.99. The first-order chi connectivity index (χ1) is 13.3. The van der Waals surface area contributed by atoms with Crippen molar-refractivity contribution in [2.24, 2.45) is 0 Å². The standard InChI is InChI=1S/C17H12F2N2O7/c1-8(16(22)20-15-10(18)3-2-4-11(15)19)28-17(23)9-5-13-14(27-7-26-13)6-12(9)21(24)25/h2-6,8H,7H2,1H3,(H,20,22). The Morgan fingerprint density at radius 2 is 1.82 bits per heavy atom. The lowest BCUT2D eigenvalue weighted by molar-refractivity contribution is -0.385. The minimum absolute atomic E-state index is 0.0871. The van der Waals surface area contributed by atoms with Gasteiger partial charge >= 0.3 is 5.97 Å². The molecule has 11 heteroatoms. The molecule has 1 atom stereocenters. The maximum Gasteiger partial charge on any atom is 0.346 e. The summed E-state index contributed by atoms with van der Waals surface area (Å²) in [6.07, 6.45) is -1.50. The molecule has 1 heterocycles. The predicted octanol–water partition coefficient (Wildman–Crippen LogP) is 2.79. The third-order valence-corrected chi connectivity index (χ3v) is 3.77. The average Bonchev–Trinajstić information content (AvgIpc) is 3.11. The van der Waals surface area contributed by atoms with Gasteiger partial charge in [-0.25, -0.2) is 13.6 Å². The third kappa shape index (κ3) is 3.68. The Balaban J connectivity index is 1.77. The summed E-state index contributed by atoms with van der Waals surface area (Å²) in [6, 6.07) is 5.04. The van der Waals surface area contributed by atoms with E-state index < -0.39 is 51.5 Å². The number of hydrogen-bond acceptors (Lipinski definition) is 7. The maximum atomic E-state index is 13.6. The second-order valence-electron chi connectivity index (χ2n) is 5.61. The number of carbonyl (C=O) groups is 2. The molecule has 0 saturated carbocycles. The maximum absolute atomic E-state index is 13.6. The molecule has 146 valence electrons. The Morgan fingerprint density at radius 1 is 1.21 bits per heavy atom. The van der Waals surface area contributed by atoms with Gasteiger partial charge in [0.1, 0.15) is 22.9 Å². The molecule has 2 aromatic rings.